The number of nitrogens with zero attached hydrogens (tertiary/aromatic N) is 2. The second kappa shape index (κ2) is 4.86. The normalized spacial score (nSPS) is 17.2. The van der Waals surface area contributed by atoms with Gasteiger partial charge in [0.2, 0.25) is 0 Å². The predicted molar refractivity (Wildman–Crippen MR) is 68.0 cm³/mol. The quantitative estimate of drug-likeness (QED) is 0.745. The van der Waals surface area contributed by atoms with Gasteiger partial charge in [0.05, 0.1) is 0 Å². The van der Waals surface area contributed by atoms with Crippen molar-refractivity contribution in [2.45, 2.75) is 33.6 Å². The summed E-state index contributed by atoms with van der Waals surface area (Å²) in [5, 5.41) is 0. The van der Waals surface area contributed by atoms with Crippen LogP contribution in [0.3, 0.4) is 0 Å². The van der Waals surface area contributed by atoms with E-state index < -0.39 is 0 Å². The maximum atomic E-state index is 12.4. The van der Waals surface area contributed by atoms with Crippen LogP contribution in [0.4, 0.5) is 0 Å². The molecule has 0 bridgehead atoms. The first-order chi connectivity index (χ1) is 8.09. The number of aromatic nitrogens is 1. The fourth-order valence-corrected chi connectivity index (χ4v) is 2.25. The van der Waals surface area contributed by atoms with Crippen LogP contribution >= 0.6 is 0 Å². The molecule has 0 atom stereocenters. The highest BCUT2D eigenvalue weighted by atomic mass is 16.2. The lowest BCUT2D eigenvalue weighted by molar-refractivity contribution is 0.0696. The van der Waals surface area contributed by atoms with E-state index in [1.165, 1.54) is 0 Å². The molecule has 3 heteroatoms. The molecule has 1 saturated heterocycles. The van der Waals surface area contributed by atoms with Crippen molar-refractivity contribution < 1.29 is 4.79 Å². The number of carbonyl (C=O) groups excluding carboxylic acids is 1. The lowest BCUT2D eigenvalue weighted by Crippen LogP contribution is -2.38. The molecule has 2 rings (SSSR count). The van der Waals surface area contributed by atoms with Gasteiger partial charge in [0, 0.05) is 30.5 Å². The smallest absolute Gasteiger partial charge is 0.254 e. The third-order valence-corrected chi connectivity index (χ3v) is 3.76. The van der Waals surface area contributed by atoms with Crippen molar-refractivity contribution in [3.8, 4) is 0 Å². The van der Waals surface area contributed by atoms with E-state index in [-0.39, 0.29) is 5.91 Å². The summed E-state index contributed by atoms with van der Waals surface area (Å²) in [6.45, 7) is 7.96. The van der Waals surface area contributed by atoms with E-state index in [0.717, 1.165) is 48.7 Å². The summed E-state index contributed by atoms with van der Waals surface area (Å²) in [6.07, 6.45) is 3.96. The molecular formula is C14H20N2O. The van der Waals surface area contributed by atoms with Gasteiger partial charge in [0.15, 0.2) is 0 Å². The van der Waals surface area contributed by atoms with Crippen molar-refractivity contribution in [2.75, 3.05) is 13.1 Å². The zero-order chi connectivity index (χ0) is 12.4. The fourth-order valence-electron chi connectivity index (χ4n) is 2.25. The van der Waals surface area contributed by atoms with Gasteiger partial charge in [-0.3, -0.25) is 9.78 Å². The Balaban J connectivity index is 2.17. The molecule has 0 unspecified atom stereocenters. The van der Waals surface area contributed by atoms with E-state index in [4.69, 9.17) is 0 Å². The summed E-state index contributed by atoms with van der Waals surface area (Å²) in [4.78, 5) is 18.6. The topological polar surface area (TPSA) is 33.2 Å². The van der Waals surface area contributed by atoms with E-state index in [1.807, 2.05) is 24.8 Å². The highest BCUT2D eigenvalue weighted by molar-refractivity contribution is 5.95. The minimum Gasteiger partial charge on any atom is -0.339 e. The van der Waals surface area contributed by atoms with Crippen LogP contribution in [0.1, 0.15) is 41.4 Å². The van der Waals surface area contributed by atoms with Crippen LogP contribution < -0.4 is 0 Å². The Hall–Kier alpha value is -1.38. The van der Waals surface area contributed by atoms with Crippen LogP contribution in [0.2, 0.25) is 0 Å². The summed E-state index contributed by atoms with van der Waals surface area (Å²) in [5.41, 5.74) is 2.77. The van der Waals surface area contributed by atoms with E-state index in [2.05, 4.69) is 11.9 Å². The van der Waals surface area contributed by atoms with E-state index in [0.29, 0.717) is 0 Å². The van der Waals surface area contributed by atoms with Crippen LogP contribution in [0.15, 0.2) is 12.3 Å². The largest absolute Gasteiger partial charge is 0.339 e. The highest BCUT2D eigenvalue weighted by Crippen LogP contribution is 2.20. The molecule has 1 aliphatic heterocycles. The molecule has 0 spiro atoms. The number of pyridine rings is 1. The molecule has 0 saturated carbocycles. The van der Waals surface area contributed by atoms with E-state index in [1.54, 1.807) is 6.20 Å². The number of hydrogen-bond donors (Lipinski definition) is 0. The minimum atomic E-state index is 0.167. The average molecular weight is 232 g/mol. The second-order valence-corrected chi connectivity index (χ2v) is 5.04. The summed E-state index contributed by atoms with van der Waals surface area (Å²) in [7, 11) is 0. The number of aryl methyl sites for hydroxylation is 1. The van der Waals surface area contributed by atoms with Crippen molar-refractivity contribution in [3.63, 3.8) is 0 Å². The molecule has 92 valence electrons. The van der Waals surface area contributed by atoms with Gasteiger partial charge in [-0.25, -0.2) is 0 Å². The predicted octanol–water partition coefficient (Wildman–Crippen LogP) is 2.57. The van der Waals surface area contributed by atoms with E-state index >= 15 is 0 Å². The standard InChI is InChI=1S/C14H20N2O/c1-10-5-8-16(9-6-10)14(17)13-4-7-15-12(3)11(13)2/h4,7,10H,5-6,8-9H2,1-3H3. The first-order valence-electron chi connectivity index (χ1n) is 6.31. The number of hydrogen-bond acceptors (Lipinski definition) is 2. The molecule has 0 aliphatic carbocycles. The Morgan fingerprint density at radius 3 is 2.65 bits per heavy atom. The number of likely N-dealkylation sites (tertiary alicyclic amines) is 1. The number of piperidine rings is 1. The van der Waals surface area contributed by atoms with Gasteiger partial charge in [-0.2, -0.15) is 0 Å². The summed E-state index contributed by atoms with van der Waals surface area (Å²) in [6, 6.07) is 1.84. The molecule has 1 amide bonds. The molecule has 3 nitrogen and oxygen atoms in total. The molecule has 0 radical (unpaired) electrons. The number of carbonyl (C=O) groups is 1. The van der Waals surface area contributed by atoms with Gasteiger partial charge in [0.25, 0.3) is 5.91 Å². The Bertz CT molecular complexity index is 420. The number of rotatable bonds is 1. The van der Waals surface area contributed by atoms with Gasteiger partial charge in [0.1, 0.15) is 0 Å². The Labute approximate surface area is 103 Å². The molecule has 0 aromatic carbocycles. The lowest BCUT2D eigenvalue weighted by atomic mass is 9.98. The molecule has 1 aromatic rings. The van der Waals surface area contributed by atoms with Crippen molar-refractivity contribution >= 4 is 5.91 Å². The first-order valence-corrected chi connectivity index (χ1v) is 6.31. The molecule has 1 aliphatic rings. The fraction of sp³-hybridized carbons (Fsp3) is 0.571. The van der Waals surface area contributed by atoms with Gasteiger partial charge < -0.3 is 4.90 Å². The van der Waals surface area contributed by atoms with Crippen molar-refractivity contribution in [2.24, 2.45) is 5.92 Å². The Kier molecular flexibility index (Phi) is 3.46. The SMILES string of the molecule is Cc1nccc(C(=O)N2CCC(C)CC2)c1C. The summed E-state index contributed by atoms with van der Waals surface area (Å²) in [5.74, 6) is 0.916. The van der Waals surface area contributed by atoms with E-state index in [9.17, 15) is 4.79 Å². The molecule has 1 fully saturated rings. The summed E-state index contributed by atoms with van der Waals surface area (Å²) >= 11 is 0. The van der Waals surface area contributed by atoms with Gasteiger partial charge in [-0.05, 0) is 44.2 Å². The van der Waals surface area contributed by atoms with Crippen molar-refractivity contribution in [1.82, 2.24) is 9.88 Å². The average Bonchev–Trinajstić information content (AvgIpc) is 2.33. The van der Waals surface area contributed by atoms with Crippen LogP contribution in [0.25, 0.3) is 0 Å². The first kappa shape index (κ1) is 12.1. The zero-order valence-corrected chi connectivity index (χ0v) is 10.9. The minimum absolute atomic E-state index is 0.167. The number of amides is 1. The molecular weight excluding hydrogens is 212 g/mol. The third kappa shape index (κ3) is 2.48. The van der Waals surface area contributed by atoms with Gasteiger partial charge >= 0.3 is 0 Å². The maximum Gasteiger partial charge on any atom is 0.254 e. The van der Waals surface area contributed by atoms with Crippen LogP contribution in [0.5, 0.6) is 0 Å². The lowest BCUT2D eigenvalue weighted by Gasteiger charge is -2.30. The Morgan fingerprint density at radius 1 is 1.35 bits per heavy atom. The third-order valence-electron chi connectivity index (χ3n) is 3.76. The zero-order valence-electron chi connectivity index (χ0n) is 10.9. The second-order valence-electron chi connectivity index (χ2n) is 5.04. The molecule has 1 aromatic heterocycles. The van der Waals surface area contributed by atoms with Crippen molar-refractivity contribution in [3.05, 3.63) is 29.1 Å². The van der Waals surface area contributed by atoms with Crippen LogP contribution in [-0.4, -0.2) is 28.9 Å². The molecule has 0 N–H and O–H groups in total. The van der Waals surface area contributed by atoms with Crippen LogP contribution in [-0.2, 0) is 0 Å². The monoisotopic (exact) mass is 232 g/mol. The summed E-state index contributed by atoms with van der Waals surface area (Å²) < 4.78 is 0. The molecule has 17 heavy (non-hydrogen) atoms. The molecule has 2 heterocycles. The van der Waals surface area contributed by atoms with Gasteiger partial charge in [-0.15, -0.1) is 0 Å². The highest BCUT2D eigenvalue weighted by Gasteiger charge is 2.22. The Morgan fingerprint density at radius 2 is 2.00 bits per heavy atom. The van der Waals surface area contributed by atoms with Gasteiger partial charge in [-0.1, -0.05) is 6.92 Å². The van der Waals surface area contributed by atoms with Crippen LogP contribution in [0, 0.1) is 19.8 Å². The maximum absolute atomic E-state index is 12.4. The van der Waals surface area contributed by atoms with Crippen molar-refractivity contribution in [1.29, 1.82) is 0 Å².